The van der Waals surface area contributed by atoms with Crippen molar-refractivity contribution in [2.45, 2.75) is 19.3 Å². The Hall–Kier alpha value is -1.55. The van der Waals surface area contributed by atoms with Crippen molar-refractivity contribution >= 4 is 21.7 Å². The molecule has 0 amide bonds. The molecule has 0 aliphatic rings. The van der Waals surface area contributed by atoms with Crippen LogP contribution in [-0.4, -0.2) is 10.8 Å². The molecule has 1 aromatic heterocycles. The first-order valence-corrected chi connectivity index (χ1v) is 6.80. The second kappa shape index (κ2) is 6.57. The molecule has 2 nitrogen and oxygen atoms in total. The number of carbonyl (C=O) groups is 1. The first kappa shape index (κ1) is 13.9. The van der Waals surface area contributed by atoms with Crippen LogP contribution in [0, 0.1) is 5.82 Å². The summed E-state index contributed by atoms with van der Waals surface area (Å²) in [6, 6.07) is 10.4. The van der Waals surface area contributed by atoms with E-state index >= 15 is 0 Å². The first-order chi connectivity index (χ1) is 9.16. The Morgan fingerprint density at radius 3 is 2.79 bits per heavy atom. The van der Waals surface area contributed by atoms with Gasteiger partial charge in [-0.25, -0.2) is 4.39 Å². The lowest BCUT2D eigenvalue weighted by Crippen LogP contribution is -2.06. The number of nitrogens with zero attached hydrogens (tertiary/aromatic N) is 1. The summed E-state index contributed by atoms with van der Waals surface area (Å²) < 4.78 is 13.7. The van der Waals surface area contributed by atoms with Gasteiger partial charge < -0.3 is 0 Å². The second-order valence-corrected chi connectivity index (χ2v) is 5.04. The number of carbonyl (C=O) groups excluding carboxylic acids is 1. The summed E-state index contributed by atoms with van der Waals surface area (Å²) in [4.78, 5) is 16.0. The molecule has 2 aromatic rings. The number of benzene rings is 1. The van der Waals surface area contributed by atoms with E-state index in [1.54, 1.807) is 18.3 Å². The molecule has 1 heterocycles. The van der Waals surface area contributed by atoms with Crippen LogP contribution in [0.25, 0.3) is 0 Å². The molecule has 0 unspecified atom stereocenters. The van der Waals surface area contributed by atoms with Crippen molar-refractivity contribution in [1.29, 1.82) is 0 Å². The molecule has 0 radical (unpaired) electrons. The van der Waals surface area contributed by atoms with Crippen LogP contribution in [-0.2, 0) is 17.6 Å². The van der Waals surface area contributed by atoms with Gasteiger partial charge in [-0.1, -0.05) is 18.2 Å². The van der Waals surface area contributed by atoms with Crippen LogP contribution in [0.2, 0.25) is 0 Å². The largest absolute Gasteiger partial charge is 0.299 e. The third-order valence-corrected chi connectivity index (χ3v) is 3.69. The summed E-state index contributed by atoms with van der Waals surface area (Å²) in [6.45, 7) is 0. The second-order valence-electron chi connectivity index (χ2n) is 4.25. The summed E-state index contributed by atoms with van der Waals surface area (Å²) in [6.07, 6.45) is 2.99. The molecule has 0 saturated heterocycles. The van der Waals surface area contributed by atoms with Crippen molar-refractivity contribution in [3.63, 3.8) is 0 Å². The number of hydrogen-bond donors (Lipinski definition) is 0. The quantitative estimate of drug-likeness (QED) is 0.840. The number of ketones is 1. The van der Waals surface area contributed by atoms with Crippen molar-refractivity contribution in [2.75, 3.05) is 0 Å². The minimum Gasteiger partial charge on any atom is -0.299 e. The van der Waals surface area contributed by atoms with Crippen molar-refractivity contribution in [1.82, 2.24) is 4.98 Å². The fraction of sp³-hybridized carbons (Fsp3) is 0.200. The van der Waals surface area contributed by atoms with Crippen molar-refractivity contribution in [3.8, 4) is 0 Å². The SMILES string of the molecule is O=C(CCc1ccccn1)Cc1cccc(F)c1Br. The molecule has 0 bridgehead atoms. The summed E-state index contributed by atoms with van der Waals surface area (Å²) in [5, 5.41) is 0. The summed E-state index contributed by atoms with van der Waals surface area (Å²) in [7, 11) is 0. The van der Waals surface area contributed by atoms with E-state index in [-0.39, 0.29) is 18.0 Å². The van der Waals surface area contributed by atoms with Gasteiger partial charge in [0.2, 0.25) is 0 Å². The highest BCUT2D eigenvalue weighted by atomic mass is 79.9. The maximum Gasteiger partial charge on any atom is 0.137 e. The minimum atomic E-state index is -0.338. The van der Waals surface area contributed by atoms with Crippen LogP contribution in [0.1, 0.15) is 17.7 Å². The van der Waals surface area contributed by atoms with E-state index in [9.17, 15) is 9.18 Å². The van der Waals surface area contributed by atoms with Crippen LogP contribution in [0.5, 0.6) is 0 Å². The van der Waals surface area contributed by atoms with Gasteiger partial charge in [-0.2, -0.15) is 0 Å². The highest BCUT2D eigenvalue weighted by Gasteiger charge is 2.10. The molecule has 1 aromatic carbocycles. The maximum atomic E-state index is 13.3. The topological polar surface area (TPSA) is 30.0 Å². The number of Topliss-reactive ketones (excluding diaryl/α,β-unsaturated/α-hetero) is 1. The third kappa shape index (κ3) is 3.96. The number of aromatic nitrogens is 1. The zero-order valence-electron chi connectivity index (χ0n) is 10.3. The predicted octanol–water partition coefficient (Wildman–Crippen LogP) is 3.73. The Labute approximate surface area is 119 Å². The van der Waals surface area contributed by atoms with Crippen LogP contribution < -0.4 is 0 Å². The van der Waals surface area contributed by atoms with Gasteiger partial charge in [0.25, 0.3) is 0 Å². The van der Waals surface area contributed by atoms with Gasteiger partial charge in [0, 0.05) is 24.7 Å². The van der Waals surface area contributed by atoms with E-state index in [2.05, 4.69) is 20.9 Å². The van der Waals surface area contributed by atoms with Gasteiger partial charge in [-0.05, 0) is 46.1 Å². The molecule has 0 atom stereocenters. The zero-order chi connectivity index (χ0) is 13.7. The van der Waals surface area contributed by atoms with Crippen molar-refractivity contribution in [2.24, 2.45) is 0 Å². The molecule has 4 heteroatoms. The van der Waals surface area contributed by atoms with E-state index in [1.807, 2.05) is 18.2 Å². The Morgan fingerprint density at radius 1 is 1.21 bits per heavy atom. The van der Waals surface area contributed by atoms with E-state index in [0.717, 1.165) is 5.69 Å². The van der Waals surface area contributed by atoms with Gasteiger partial charge in [0.1, 0.15) is 11.6 Å². The van der Waals surface area contributed by atoms with Gasteiger partial charge >= 0.3 is 0 Å². The molecule has 0 spiro atoms. The molecule has 19 heavy (non-hydrogen) atoms. The van der Waals surface area contributed by atoms with Gasteiger partial charge in [0.15, 0.2) is 0 Å². The smallest absolute Gasteiger partial charge is 0.137 e. The lowest BCUT2D eigenvalue weighted by Gasteiger charge is -2.04. The zero-order valence-corrected chi connectivity index (χ0v) is 11.9. The highest BCUT2D eigenvalue weighted by molar-refractivity contribution is 9.10. The summed E-state index contributed by atoms with van der Waals surface area (Å²) in [5.74, 6) is -0.257. The van der Waals surface area contributed by atoms with Crippen molar-refractivity contribution < 1.29 is 9.18 Å². The number of halogens is 2. The van der Waals surface area contributed by atoms with Gasteiger partial charge in [-0.15, -0.1) is 0 Å². The highest BCUT2D eigenvalue weighted by Crippen LogP contribution is 2.21. The van der Waals surface area contributed by atoms with Gasteiger partial charge in [0.05, 0.1) is 4.47 Å². The van der Waals surface area contributed by atoms with Gasteiger partial charge in [-0.3, -0.25) is 9.78 Å². The lowest BCUT2D eigenvalue weighted by atomic mass is 10.0. The van der Waals surface area contributed by atoms with Crippen molar-refractivity contribution in [3.05, 3.63) is 64.1 Å². The Bertz CT molecular complexity index is 572. The summed E-state index contributed by atoms with van der Waals surface area (Å²) >= 11 is 3.17. The Kier molecular flexibility index (Phi) is 4.80. The fourth-order valence-corrected chi connectivity index (χ4v) is 2.20. The molecular formula is C15H13BrFNO. The number of hydrogen-bond acceptors (Lipinski definition) is 2. The van der Waals surface area contributed by atoms with E-state index in [4.69, 9.17) is 0 Å². The average Bonchev–Trinajstić information content (AvgIpc) is 2.43. The predicted molar refractivity (Wildman–Crippen MR) is 75.4 cm³/mol. The minimum absolute atomic E-state index is 0.0805. The van der Waals surface area contributed by atoms with E-state index < -0.39 is 0 Å². The molecule has 0 saturated carbocycles. The molecule has 0 N–H and O–H groups in total. The molecule has 2 rings (SSSR count). The molecule has 0 aliphatic carbocycles. The van der Waals surface area contributed by atoms with Crippen LogP contribution in [0.4, 0.5) is 4.39 Å². The first-order valence-electron chi connectivity index (χ1n) is 6.01. The Morgan fingerprint density at radius 2 is 2.05 bits per heavy atom. The van der Waals surface area contributed by atoms with Crippen LogP contribution in [0.3, 0.4) is 0 Å². The molecule has 98 valence electrons. The maximum absolute atomic E-state index is 13.3. The summed E-state index contributed by atoms with van der Waals surface area (Å²) in [5.41, 5.74) is 1.58. The lowest BCUT2D eigenvalue weighted by molar-refractivity contribution is -0.118. The average molecular weight is 322 g/mol. The molecule has 0 aliphatic heterocycles. The molecule has 0 fully saturated rings. The number of aryl methyl sites for hydroxylation is 1. The Balaban J connectivity index is 1.93. The third-order valence-electron chi connectivity index (χ3n) is 2.81. The normalized spacial score (nSPS) is 10.4. The number of rotatable bonds is 5. The number of pyridine rings is 1. The van der Waals surface area contributed by atoms with Crippen LogP contribution in [0.15, 0.2) is 47.1 Å². The standard InChI is InChI=1S/C15H13BrFNO/c16-15-11(4-3-6-14(15)17)10-13(19)8-7-12-5-1-2-9-18-12/h1-6,9H,7-8,10H2. The monoisotopic (exact) mass is 321 g/mol. The van der Waals surface area contributed by atoms with E-state index in [0.29, 0.717) is 22.9 Å². The van der Waals surface area contributed by atoms with E-state index in [1.165, 1.54) is 6.07 Å². The fourth-order valence-electron chi connectivity index (χ4n) is 1.80. The molecular weight excluding hydrogens is 309 g/mol. The van der Waals surface area contributed by atoms with Crippen LogP contribution >= 0.6 is 15.9 Å².